The van der Waals surface area contributed by atoms with Crippen LogP contribution in [0.2, 0.25) is 0 Å². The molecule has 40 heavy (non-hydrogen) atoms. The Bertz CT molecular complexity index is 1510. The maximum Gasteiger partial charge on any atom is 0.0585 e. The van der Waals surface area contributed by atoms with E-state index < -0.39 is 0 Å². The zero-order valence-corrected chi connectivity index (χ0v) is 27.0. The van der Waals surface area contributed by atoms with Gasteiger partial charge in [0.1, 0.15) is 0 Å². The molecule has 5 aliphatic rings. The van der Waals surface area contributed by atoms with Gasteiger partial charge in [-0.15, -0.1) is 0 Å². The molecule has 4 heterocycles. The molecule has 0 N–H and O–H groups in total. The first-order valence-electron chi connectivity index (χ1n) is 12.6. The normalized spacial score (nSPS) is 18.8. The minimum atomic E-state index is 1.37. The van der Waals surface area contributed by atoms with Gasteiger partial charge in [-0.3, -0.25) is 0 Å². The Balaban J connectivity index is 1.28. The number of benzene rings is 4. The van der Waals surface area contributed by atoms with Gasteiger partial charge in [-0.05, 0) is 48.5 Å². The summed E-state index contributed by atoms with van der Waals surface area (Å²) in [5, 5.41) is 0. The zero-order valence-electron chi connectivity index (χ0n) is 20.5. The smallest absolute Gasteiger partial charge is 0.0585 e. The van der Waals surface area contributed by atoms with Crippen molar-refractivity contribution in [2.75, 3.05) is 0 Å². The molecule has 0 unspecified atom stereocenters. The number of fused-ring (bicyclic) bond motifs is 4. The third kappa shape index (κ3) is 4.09. The molecule has 0 bridgehead atoms. The van der Waals surface area contributed by atoms with Gasteiger partial charge in [-0.1, -0.05) is 143 Å². The van der Waals surface area contributed by atoms with Gasteiger partial charge in [0.15, 0.2) is 0 Å². The second kappa shape index (κ2) is 10.1. The second-order valence-corrected chi connectivity index (χ2v) is 18.7. The van der Waals surface area contributed by atoms with Crippen molar-refractivity contribution in [3.8, 4) is 0 Å². The van der Waals surface area contributed by atoms with Gasteiger partial charge >= 0.3 is 0 Å². The summed E-state index contributed by atoms with van der Waals surface area (Å²) in [5.74, 6) is 0. The van der Waals surface area contributed by atoms with Crippen LogP contribution in [0.4, 0.5) is 0 Å². The Morgan fingerprint density at radius 2 is 0.375 bits per heavy atom. The van der Waals surface area contributed by atoms with Crippen molar-refractivity contribution >= 4 is 94.1 Å². The van der Waals surface area contributed by atoms with Crippen LogP contribution >= 0.6 is 94.1 Å². The van der Waals surface area contributed by atoms with Gasteiger partial charge in [-0.2, -0.15) is 0 Å². The molecule has 0 amide bonds. The van der Waals surface area contributed by atoms with Crippen LogP contribution in [0.25, 0.3) is 0 Å². The molecule has 0 radical (unpaired) electrons. The SMILES string of the molecule is c1ccc2c(c1)SC(=C1C(=C3Sc4ccccc4S3)C(=C3Sc4ccccc4S3)C1=C1Sc3ccccc3S1)S2. The van der Waals surface area contributed by atoms with E-state index in [1.165, 1.54) is 78.4 Å². The fraction of sp³-hybridized carbons (Fsp3) is 0. The minimum Gasteiger partial charge on any atom is -0.0809 e. The Morgan fingerprint density at radius 1 is 0.225 bits per heavy atom. The van der Waals surface area contributed by atoms with Crippen molar-refractivity contribution in [3.05, 3.63) is 136 Å². The number of allylic oxidation sites excluding steroid dienone is 4. The summed E-state index contributed by atoms with van der Waals surface area (Å²) in [4.78, 5) is 10.9. The number of hydrogen-bond acceptors (Lipinski definition) is 8. The van der Waals surface area contributed by atoms with Gasteiger partial charge in [-0.25, -0.2) is 0 Å². The highest BCUT2D eigenvalue weighted by atomic mass is 32.2. The van der Waals surface area contributed by atoms with E-state index in [4.69, 9.17) is 0 Å². The predicted octanol–water partition coefficient (Wildman–Crippen LogP) is 12.4. The molecular weight excluding hydrogens is 641 g/mol. The van der Waals surface area contributed by atoms with Gasteiger partial charge in [0.25, 0.3) is 0 Å². The van der Waals surface area contributed by atoms with Crippen molar-refractivity contribution < 1.29 is 0 Å². The highest BCUT2D eigenvalue weighted by Gasteiger charge is 2.45. The van der Waals surface area contributed by atoms with Crippen LogP contribution in [0.3, 0.4) is 0 Å². The Kier molecular flexibility index (Phi) is 6.37. The molecule has 4 aromatic carbocycles. The zero-order chi connectivity index (χ0) is 26.2. The molecule has 192 valence electrons. The summed E-state index contributed by atoms with van der Waals surface area (Å²) in [5.41, 5.74) is 5.76. The van der Waals surface area contributed by atoms with Crippen LogP contribution in [0, 0.1) is 0 Å². The van der Waals surface area contributed by atoms with Crippen LogP contribution in [0.5, 0.6) is 0 Å². The van der Waals surface area contributed by atoms with Crippen LogP contribution in [0.1, 0.15) is 0 Å². The molecule has 8 heteroatoms. The third-order valence-electron chi connectivity index (χ3n) is 6.83. The molecular formula is C32H16S8. The highest BCUT2D eigenvalue weighted by molar-refractivity contribution is 8.26. The standard InChI is InChI=1S/C32H16S8/c1-2-10-18-17(9-1)33-29(34-18)25-26(30-35-19-11-3-4-12-20(19)36-30)28(32-39-23-15-7-8-16-24(23)40-32)27(25)31-37-21-13-5-6-14-22(21)38-31/h1-16H. The number of rotatable bonds is 0. The largest absolute Gasteiger partial charge is 0.0809 e. The van der Waals surface area contributed by atoms with E-state index in [1.807, 2.05) is 94.1 Å². The maximum atomic E-state index is 2.27. The van der Waals surface area contributed by atoms with E-state index >= 15 is 0 Å². The predicted molar refractivity (Wildman–Crippen MR) is 181 cm³/mol. The lowest BCUT2D eigenvalue weighted by molar-refractivity contribution is 1.25. The molecule has 0 saturated heterocycles. The molecule has 0 atom stereocenters. The quantitative estimate of drug-likeness (QED) is 0.181. The van der Waals surface area contributed by atoms with Crippen LogP contribution < -0.4 is 0 Å². The summed E-state index contributed by atoms with van der Waals surface area (Å²) in [7, 11) is 0. The summed E-state index contributed by atoms with van der Waals surface area (Å²) in [6.45, 7) is 0. The lowest BCUT2D eigenvalue weighted by Gasteiger charge is -2.35. The second-order valence-electron chi connectivity index (χ2n) is 9.25. The fourth-order valence-electron chi connectivity index (χ4n) is 5.02. The van der Waals surface area contributed by atoms with E-state index in [0.29, 0.717) is 0 Å². The number of hydrogen-bond donors (Lipinski definition) is 0. The van der Waals surface area contributed by atoms with Gasteiger partial charge in [0, 0.05) is 61.5 Å². The first kappa shape index (κ1) is 25.2. The van der Waals surface area contributed by atoms with E-state index in [2.05, 4.69) is 97.1 Å². The van der Waals surface area contributed by atoms with E-state index in [-0.39, 0.29) is 0 Å². The molecule has 0 nitrogen and oxygen atoms in total. The summed E-state index contributed by atoms with van der Waals surface area (Å²) >= 11 is 15.6. The summed E-state index contributed by atoms with van der Waals surface area (Å²) < 4.78 is 5.65. The van der Waals surface area contributed by atoms with E-state index in [9.17, 15) is 0 Å². The van der Waals surface area contributed by atoms with E-state index in [1.54, 1.807) is 0 Å². The lowest BCUT2D eigenvalue weighted by Crippen LogP contribution is -2.17. The molecule has 1 saturated carbocycles. The number of thioether (sulfide) groups is 8. The Morgan fingerprint density at radius 3 is 0.525 bits per heavy atom. The Hall–Kier alpha value is -1.36. The van der Waals surface area contributed by atoms with Gasteiger partial charge < -0.3 is 0 Å². The highest BCUT2D eigenvalue weighted by Crippen LogP contribution is 2.70. The van der Waals surface area contributed by atoms with Crippen molar-refractivity contribution in [1.29, 1.82) is 0 Å². The van der Waals surface area contributed by atoms with Crippen LogP contribution in [-0.4, -0.2) is 0 Å². The lowest BCUT2D eigenvalue weighted by atomic mass is 9.78. The average molecular weight is 657 g/mol. The molecule has 0 aromatic heterocycles. The molecule has 9 rings (SSSR count). The first-order chi connectivity index (χ1) is 19.8. The minimum absolute atomic E-state index is 1.37. The van der Waals surface area contributed by atoms with E-state index in [0.717, 1.165) is 0 Å². The van der Waals surface area contributed by atoms with Crippen molar-refractivity contribution in [2.45, 2.75) is 39.2 Å². The van der Waals surface area contributed by atoms with Gasteiger partial charge in [0.05, 0.1) is 16.9 Å². The average Bonchev–Trinajstić information content (AvgIpc) is 3.75. The third-order valence-corrected chi connectivity index (χ3v) is 17.1. The van der Waals surface area contributed by atoms with Crippen molar-refractivity contribution in [3.63, 3.8) is 0 Å². The molecule has 4 aliphatic heterocycles. The monoisotopic (exact) mass is 656 g/mol. The van der Waals surface area contributed by atoms with Gasteiger partial charge in [0.2, 0.25) is 0 Å². The molecule has 0 spiro atoms. The molecule has 4 aromatic rings. The first-order valence-corrected chi connectivity index (χ1v) is 19.1. The van der Waals surface area contributed by atoms with Crippen LogP contribution in [0.15, 0.2) is 175 Å². The maximum absolute atomic E-state index is 2.27. The molecule has 1 fully saturated rings. The van der Waals surface area contributed by atoms with Crippen molar-refractivity contribution in [2.24, 2.45) is 0 Å². The molecule has 1 aliphatic carbocycles. The fourth-order valence-corrected chi connectivity index (χ4v) is 15.4. The van der Waals surface area contributed by atoms with Crippen LogP contribution in [-0.2, 0) is 0 Å². The Labute approximate surface area is 267 Å². The summed E-state index contributed by atoms with van der Waals surface area (Å²) in [6, 6.07) is 35.4. The topological polar surface area (TPSA) is 0 Å². The summed E-state index contributed by atoms with van der Waals surface area (Å²) in [6.07, 6.45) is 0. The van der Waals surface area contributed by atoms with Crippen molar-refractivity contribution in [1.82, 2.24) is 0 Å².